The molecule has 2 aromatic rings. The highest BCUT2D eigenvalue weighted by atomic mass is 16.6. The van der Waals surface area contributed by atoms with E-state index < -0.39 is 5.97 Å². The number of ether oxygens (including phenoxy) is 2. The Hall–Kier alpha value is -2.92. The number of hydrogen-bond acceptors (Lipinski definition) is 5. The summed E-state index contributed by atoms with van der Waals surface area (Å²) in [5, 5.41) is 0. The van der Waals surface area contributed by atoms with Crippen molar-refractivity contribution in [1.82, 2.24) is 0 Å². The van der Waals surface area contributed by atoms with E-state index in [2.05, 4.69) is 22.0 Å². The third-order valence-electron chi connectivity index (χ3n) is 4.21. The number of carbonyl (C=O) groups excluding carboxylic acids is 1. The minimum absolute atomic E-state index is 0.318. The highest BCUT2D eigenvalue weighted by molar-refractivity contribution is 6.12. The van der Waals surface area contributed by atoms with Crippen molar-refractivity contribution in [3.05, 3.63) is 71.4 Å². The molecular formula is C20H18N2O3. The van der Waals surface area contributed by atoms with E-state index in [-0.39, 0.29) is 0 Å². The molecule has 1 fully saturated rings. The van der Waals surface area contributed by atoms with E-state index in [1.165, 1.54) is 0 Å². The summed E-state index contributed by atoms with van der Waals surface area (Å²) in [6.45, 7) is 3.32. The highest BCUT2D eigenvalue weighted by Gasteiger charge is 2.23. The molecule has 126 valence electrons. The van der Waals surface area contributed by atoms with Crippen molar-refractivity contribution in [3.63, 3.8) is 0 Å². The minimum Gasteiger partial charge on any atom is -0.402 e. The Morgan fingerprint density at radius 1 is 0.960 bits per heavy atom. The van der Waals surface area contributed by atoms with Gasteiger partial charge in [-0.15, -0.1) is 0 Å². The fourth-order valence-corrected chi connectivity index (χ4v) is 2.87. The maximum atomic E-state index is 12.0. The van der Waals surface area contributed by atoms with Crippen LogP contribution in [0.25, 0.3) is 6.08 Å². The topological polar surface area (TPSA) is 51.1 Å². The van der Waals surface area contributed by atoms with Gasteiger partial charge in [0.2, 0.25) is 5.90 Å². The lowest BCUT2D eigenvalue weighted by atomic mass is 10.1. The van der Waals surface area contributed by atoms with Gasteiger partial charge in [0, 0.05) is 24.3 Å². The molecule has 0 bridgehead atoms. The first kappa shape index (κ1) is 15.6. The van der Waals surface area contributed by atoms with Crippen LogP contribution >= 0.6 is 0 Å². The Bertz CT molecular complexity index is 820. The Morgan fingerprint density at radius 3 is 2.40 bits per heavy atom. The third-order valence-corrected chi connectivity index (χ3v) is 4.21. The number of nitrogens with zero attached hydrogens (tertiary/aromatic N) is 2. The first-order chi connectivity index (χ1) is 12.3. The smallest absolute Gasteiger partial charge is 0.363 e. The van der Waals surface area contributed by atoms with Gasteiger partial charge in [0.05, 0.1) is 13.2 Å². The molecule has 5 heteroatoms. The molecule has 2 aliphatic rings. The molecule has 0 amide bonds. The van der Waals surface area contributed by atoms with Crippen molar-refractivity contribution in [2.75, 3.05) is 31.2 Å². The predicted octanol–water partition coefficient (Wildman–Crippen LogP) is 2.87. The molecule has 1 saturated heterocycles. The second-order valence-electron chi connectivity index (χ2n) is 5.89. The monoisotopic (exact) mass is 334 g/mol. The number of cyclic esters (lactones) is 1. The van der Waals surface area contributed by atoms with Crippen LogP contribution < -0.4 is 4.90 Å². The largest absolute Gasteiger partial charge is 0.402 e. The maximum absolute atomic E-state index is 12.0. The Labute approximate surface area is 146 Å². The average molecular weight is 334 g/mol. The first-order valence-corrected chi connectivity index (χ1v) is 8.30. The first-order valence-electron chi connectivity index (χ1n) is 8.30. The molecule has 5 nitrogen and oxygen atoms in total. The van der Waals surface area contributed by atoms with Crippen LogP contribution in [0, 0.1) is 0 Å². The number of anilines is 1. The molecule has 0 N–H and O–H groups in total. The highest BCUT2D eigenvalue weighted by Crippen LogP contribution is 2.21. The van der Waals surface area contributed by atoms with Gasteiger partial charge in [-0.05, 0) is 35.9 Å². The average Bonchev–Trinajstić information content (AvgIpc) is 3.04. The van der Waals surface area contributed by atoms with Crippen LogP contribution in [0.3, 0.4) is 0 Å². The number of rotatable bonds is 3. The molecule has 0 spiro atoms. The lowest BCUT2D eigenvalue weighted by molar-refractivity contribution is -0.129. The van der Waals surface area contributed by atoms with Crippen molar-refractivity contribution in [3.8, 4) is 0 Å². The van der Waals surface area contributed by atoms with Gasteiger partial charge in [0.15, 0.2) is 5.70 Å². The Balaban J connectivity index is 1.54. The van der Waals surface area contributed by atoms with Gasteiger partial charge in [-0.25, -0.2) is 9.79 Å². The van der Waals surface area contributed by atoms with Crippen LogP contribution in [0.2, 0.25) is 0 Å². The number of hydrogen-bond donors (Lipinski definition) is 0. The molecule has 2 heterocycles. The zero-order valence-corrected chi connectivity index (χ0v) is 13.7. The molecular weight excluding hydrogens is 316 g/mol. The fraction of sp³-hybridized carbons (Fsp3) is 0.200. The normalized spacial score (nSPS) is 19.0. The maximum Gasteiger partial charge on any atom is 0.363 e. The molecule has 0 aliphatic carbocycles. The van der Waals surface area contributed by atoms with Crippen LogP contribution in [0.1, 0.15) is 11.1 Å². The molecule has 25 heavy (non-hydrogen) atoms. The Kier molecular flexibility index (Phi) is 4.31. The molecule has 0 radical (unpaired) electrons. The zero-order valence-electron chi connectivity index (χ0n) is 13.7. The summed E-state index contributed by atoms with van der Waals surface area (Å²) in [7, 11) is 0. The minimum atomic E-state index is -0.420. The van der Waals surface area contributed by atoms with E-state index in [4.69, 9.17) is 9.47 Å². The Morgan fingerprint density at radius 2 is 1.68 bits per heavy atom. The van der Waals surface area contributed by atoms with Crippen LogP contribution in [-0.4, -0.2) is 38.2 Å². The van der Waals surface area contributed by atoms with Gasteiger partial charge in [-0.3, -0.25) is 0 Å². The number of aliphatic imine (C=N–C) groups is 1. The van der Waals surface area contributed by atoms with Gasteiger partial charge in [-0.1, -0.05) is 30.3 Å². The zero-order chi connectivity index (χ0) is 17.1. The standard InChI is InChI=1S/C20H18N2O3/c23-20-18(21-19(25-20)16-4-2-1-3-5-16)14-15-6-8-17(9-7-15)22-10-12-24-13-11-22/h1-9,14H,10-13H2. The molecule has 4 rings (SSSR count). The summed E-state index contributed by atoms with van der Waals surface area (Å²) in [6.07, 6.45) is 1.75. The predicted molar refractivity (Wildman–Crippen MR) is 96.5 cm³/mol. The lowest BCUT2D eigenvalue weighted by Gasteiger charge is -2.28. The van der Waals surface area contributed by atoms with Gasteiger partial charge in [0.1, 0.15) is 0 Å². The lowest BCUT2D eigenvalue weighted by Crippen LogP contribution is -2.36. The fourth-order valence-electron chi connectivity index (χ4n) is 2.87. The number of carbonyl (C=O) groups is 1. The quantitative estimate of drug-likeness (QED) is 0.640. The molecule has 0 aromatic heterocycles. The molecule has 2 aromatic carbocycles. The van der Waals surface area contributed by atoms with Crippen LogP contribution in [-0.2, 0) is 14.3 Å². The van der Waals surface area contributed by atoms with Gasteiger partial charge < -0.3 is 14.4 Å². The number of benzene rings is 2. The summed E-state index contributed by atoms with van der Waals surface area (Å²) < 4.78 is 10.6. The van der Waals surface area contributed by atoms with E-state index >= 15 is 0 Å². The van der Waals surface area contributed by atoms with Crippen LogP contribution in [0.5, 0.6) is 0 Å². The molecule has 0 saturated carbocycles. The summed E-state index contributed by atoms with van der Waals surface area (Å²) in [5.41, 5.74) is 3.19. The summed E-state index contributed by atoms with van der Waals surface area (Å²) in [6, 6.07) is 17.5. The van der Waals surface area contributed by atoms with Crippen LogP contribution in [0.15, 0.2) is 65.3 Å². The van der Waals surface area contributed by atoms with Crippen molar-refractivity contribution in [2.45, 2.75) is 0 Å². The SMILES string of the molecule is O=C1OC(c2ccccc2)=NC1=Cc1ccc(N2CCOCC2)cc1. The van der Waals surface area contributed by atoms with E-state index in [1.54, 1.807) is 6.08 Å². The van der Waals surface area contributed by atoms with E-state index in [0.29, 0.717) is 11.6 Å². The van der Waals surface area contributed by atoms with Gasteiger partial charge in [0.25, 0.3) is 0 Å². The number of esters is 1. The molecule has 0 atom stereocenters. The van der Waals surface area contributed by atoms with Gasteiger partial charge >= 0.3 is 5.97 Å². The van der Waals surface area contributed by atoms with Crippen LogP contribution in [0.4, 0.5) is 5.69 Å². The summed E-state index contributed by atoms with van der Waals surface area (Å²) >= 11 is 0. The van der Waals surface area contributed by atoms with E-state index in [0.717, 1.165) is 43.1 Å². The molecule has 0 unspecified atom stereocenters. The summed E-state index contributed by atoms with van der Waals surface area (Å²) in [5.74, 6) is -0.0714. The van der Waals surface area contributed by atoms with Crippen molar-refractivity contribution < 1.29 is 14.3 Å². The third kappa shape index (κ3) is 3.46. The van der Waals surface area contributed by atoms with Crippen molar-refractivity contribution >= 4 is 23.6 Å². The van der Waals surface area contributed by atoms with Gasteiger partial charge in [-0.2, -0.15) is 0 Å². The van der Waals surface area contributed by atoms with E-state index in [9.17, 15) is 4.79 Å². The van der Waals surface area contributed by atoms with Crippen molar-refractivity contribution in [2.24, 2.45) is 4.99 Å². The summed E-state index contributed by atoms with van der Waals surface area (Å²) in [4.78, 5) is 18.7. The van der Waals surface area contributed by atoms with E-state index in [1.807, 2.05) is 42.5 Å². The molecule has 2 aliphatic heterocycles. The second kappa shape index (κ2) is 6.91. The van der Waals surface area contributed by atoms with Crippen molar-refractivity contribution in [1.29, 1.82) is 0 Å². The number of morpholine rings is 1. The second-order valence-corrected chi connectivity index (χ2v) is 5.89.